The Labute approximate surface area is 151 Å². The van der Waals surface area contributed by atoms with Crippen molar-refractivity contribution in [2.75, 3.05) is 19.6 Å². The Morgan fingerprint density at radius 2 is 1.88 bits per heavy atom. The molecule has 2 heterocycles. The van der Waals surface area contributed by atoms with E-state index in [1.54, 1.807) is 12.1 Å². The maximum absolute atomic E-state index is 12.3. The standard InChI is InChI=1S/C19H23BrN2O2/c1-14-5-7-15(8-6-14)16(22-11-3-2-4-12-22)13-21-19(23)17-9-10-18(20)24-17/h5-10,16H,2-4,11-13H2,1H3,(H,21,23)/t16-/m0/s1. The number of carbonyl (C=O) groups is 1. The molecule has 1 fully saturated rings. The normalized spacial score (nSPS) is 16.8. The molecule has 24 heavy (non-hydrogen) atoms. The topological polar surface area (TPSA) is 45.5 Å². The fraction of sp³-hybridized carbons (Fsp3) is 0.421. The Balaban J connectivity index is 1.71. The van der Waals surface area contributed by atoms with Gasteiger partial charge in [0.2, 0.25) is 0 Å². The van der Waals surface area contributed by atoms with Crippen molar-refractivity contribution in [2.24, 2.45) is 0 Å². The molecule has 1 aromatic carbocycles. The number of amides is 1. The zero-order chi connectivity index (χ0) is 16.9. The van der Waals surface area contributed by atoms with Crippen molar-refractivity contribution in [2.45, 2.75) is 32.2 Å². The van der Waals surface area contributed by atoms with Crippen LogP contribution in [-0.2, 0) is 0 Å². The lowest BCUT2D eigenvalue weighted by Gasteiger charge is -2.35. The Kier molecular flexibility index (Phi) is 5.74. The summed E-state index contributed by atoms with van der Waals surface area (Å²) in [4.78, 5) is 14.8. The molecule has 1 saturated heterocycles. The van der Waals surface area contributed by atoms with E-state index in [9.17, 15) is 4.79 Å². The maximum Gasteiger partial charge on any atom is 0.287 e. The van der Waals surface area contributed by atoms with Crippen molar-refractivity contribution in [3.8, 4) is 0 Å². The third-order valence-electron chi connectivity index (χ3n) is 4.55. The Morgan fingerprint density at radius 3 is 2.50 bits per heavy atom. The quantitative estimate of drug-likeness (QED) is 0.826. The first kappa shape index (κ1) is 17.2. The summed E-state index contributed by atoms with van der Waals surface area (Å²) in [5.41, 5.74) is 2.50. The van der Waals surface area contributed by atoms with E-state index in [0.29, 0.717) is 17.0 Å². The number of nitrogens with zero attached hydrogens (tertiary/aromatic N) is 1. The Morgan fingerprint density at radius 1 is 1.17 bits per heavy atom. The third-order valence-corrected chi connectivity index (χ3v) is 4.97. The van der Waals surface area contributed by atoms with Gasteiger partial charge >= 0.3 is 0 Å². The molecule has 0 unspecified atom stereocenters. The largest absolute Gasteiger partial charge is 0.444 e. The second kappa shape index (κ2) is 7.99. The molecule has 128 valence electrons. The monoisotopic (exact) mass is 390 g/mol. The molecular weight excluding hydrogens is 368 g/mol. The van der Waals surface area contributed by atoms with E-state index in [1.807, 2.05) is 0 Å². The van der Waals surface area contributed by atoms with E-state index in [1.165, 1.54) is 30.4 Å². The van der Waals surface area contributed by atoms with Crippen molar-refractivity contribution < 1.29 is 9.21 Å². The number of carbonyl (C=O) groups excluding carboxylic acids is 1. The van der Waals surface area contributed by atoms with E-state index < -0.39 is 0 Å². The fourth-order valence-electron chi connectivity index (χ4n) is 3.19. The van der Waals surface area contributed by atoms with Crippen LogP contribution in [0.5, 0.6) is 0 Å². The number of hydrogen-bond acceptors (Lipinski definition) is 3. The van der Waals surface area contributed by atoms with Gasteiger partial charge in [0.1, 0.15) is 0 Å². The maximum atomic E-state index is 12.3. The summed E-state index contributed by atoms with van der Waals surface area (Å²) in [6, 6.07) is 12.2. The zero-order valence-electron chi connectivity index (χ0n) is 13.9. The summed E-state index contributed by atoms with van der Waals surface area (Å²) < 4.78 is 5.90. The molecule has 3 rings (SSSR count). The molecule has 5 heteroatoms. The van der Waals surface area contributed by atoms with Crippen LogP contribution in [0.4, 0.5) is 0 Å². The molecule has 0 saturated carbocycles. The SMILES string of the molecule is Cc1ccc([C@H](CNC(=O)c2ccc(Br)o2)N2CCCCC2)cc1. The van der Waals surface area contributed by atoms with E-state index in [0.717, 1.165) is 13.1 Å². The second-order valence-corrected chi connectivity index (χ2v) is 7.12. The number of benzene rings is 1. The van der Waals surface area contributed by atoms with Gasteiger partial charge in [-0.15, -0.1) is 0 Å². The van der Waals surface area contributed by atoms with Crippen molar-refractivity contribution in [3.63, 3.8) is 0 Å². The molecule has 2 aromatic rings. The van der Waals surface area contributed by atoms with Crippen molar-refractivity contribution in [1.82, 2.24) is 10.2 Å². The number of nitrogens with one attached hydrogen (secondary N) is 1. The molecule has 1 aliphatic rings. The predicted octanol–water partition coefficient (Wildman–Crippen LogP) is 4.31. The van der Waals surface area contributed by atoms with Gasteiger partial charge < -0.3 is 9.73 Å². The molecule has 4 nitrogen and oxygen atoms in total. The van der Waals surface area contributed by atoms with Crippen LogP contribution in [0.2, 0.25) is 0 Å². The summed E-state index contributed by atoms with van der Waals surface area (Å²) in [7, 11) is 0. The number of hydrogen-bond donors (Lipinski definition) is 1. The van der Waals surface area contributed by atoms with Crippen LogP contribution in [0, 0.1) is 6.92 Å². The number of likely N-dealkylation sites (tertiary alicyclic amines) is 1. The molecule has 0 spiro atoms. The summed E-state index contributed by atoms with van der Waals surface area (Å²) in [6.07, 6.45) is 3.74. The lowest BCUT2D eigenvalue weighted by atomic mass is 10.0. The minimum Gasteiger partial charge on any atom is -0.444 e. The highest BCUT2D eigenvalue weighted by atomic mass is 79.9. The molecule has 0 radical (unpaired) electrons. The van der Waals surface area contributed by atoms with Crippen molar-refractivity contribution in [1.29, 1.82) is 0 Å². The van der Waals surface area contributed by atoms with E-state index >= 15 is 0 Å². The summed E-state index contributed by atoms with van der Waals surface area (Å²) in [6.45, 7) is 4.85. The number of halogens is 1. The smallest absolute Gasteiger partial charge is 0.287 e. The van der Waals surface area contributed by atoms with Gasteiger partial charge in [-0.05, 0) is 66.5 Å². The van der Waals surface area contributed by atoms with E-state index in [4.69, 9.17) is 4.42 Å². The number of aryl methyl sites for hydroxylation is 1. The van der Waals surface area contributed by atoms with Crippen LogP contribution < -0.4 is 5.32 Å². The van der Waals surface area contributed by atoms with Gasteiger partial charge in [-0.2, -0.15) is 0 Å². The number of rotatable bonds is 5. The van der Waals surface area contributed by atoms with E-state index in [2.05, 4.69) is 57.3 Å². The molecule has 1 N–H and O–H groups in total. The van der Waals surface area contributed by atoms with Gasteiger partial charge in [-0.1, -0.05) is 36.2 Å². The van der Waals surface area contributed by atoms with Crippen LogP contribution in [0.25, 0.3) is 0 Å². The van der Waals surface area contributed by atoms with Crippen LogP contribution in [0.3, 0.4) is 0 Å². The minimum absolute atomic E-state index is 0.171. The highest BCUT2D eigenvalue weighted by Gasteiger charge is 2.23. The molecule has 1 aromatic heterocycles. The zero-order valence-corrected chi connectivity index (χ0v) is 15.5. The highest BCUT2D eigenvalue weighted by Crippen LogP contribution is 2.25. The highest BCUT2D eigenvalue weighted by molar-refractivity contribution is 9.10. The molecule has 1 aliphatic heterocycles. The summed E-state index contributed by atoms with van der Waals surface area (Å²) in [5.74, 6) is 0.165. The van der Waals surface area contributed by atoms with Crippen LogP contribution in [-0.4, -0.2) is 30.4 Å². The fourth-order valence-corrected chi connectivity index (χ4v) is 3.50. The van der Waals surface area contributed by atoms with E-state index in [-0.39, 0.29) is 11.9 Å². The Hall–Kier alpha value is -1.59. The first-order chi connectivity index (χ1) is 11.6. The van der Waals surface area contributed by atoms with Gasteiger partial charge in [0, 0.05) is 6.54 Å². The van der Waals surface area contributed by atoms with Crippen LogP contribution in [0.15, 0.2) is 45.5 Å². The second-order valence-electron chi connectivity index (χ2n) is 6.34. The molecule has 0 bridgehead atoms. The van der Waals surface area contributed by atoms with Gasteiger partial charge in [0.05, 0.1) is 6.04 Å². The predicted molar refractivity (Wildman–Crippen MR) is 98.1 cm³/mol. The average molecular weight is 391 g/mol. The first-order valence-corrected chi connectivity index (χ1v) is 9.27. The van der Waals surface area contributed by atoms with Gasteiger partial charge in [-0.3, -0.25) is 9.69 Å². The van der Waals surface area contributed by atoms with Crippen molar-refractivity contribution >= 4 is 21.8 Å². The average Bonchev–Trinajstić information content (AvgIpc) is 3.04. The molecular formula is C19H23BrN2O2. The molecule has 0 aliphatic carbocycles. The number of piperidine rings is 1. The van der Waals surface area contributed by atoms with Crippen LogP contribution >= 0.6 is 15.9 Å². The minimum atomic E-state index is -0.171. The van der Waals surface area contributed by atoms with Crippen molar-refractivity contribution in [3.05, 3.63) is 58.0 Å². The first-order valence-electron chi connectivity index (χ1n) is 8.47. The third kappa shape index (κ3) is 4.28. The molecule has 1 atom stereocenters. The summed E-state index contributed by atoms with van der Waals surface area (Å²) in [5, 5.41) is 3.03. The number of furan rings is 1. The van der Waals surface area contributed by atoms with Gasteiger partial charge in [-0.25, -0.2) is 0 Å². The Bertz CT molecular complexity index is 675. The van der Waals surface area contributed by atoms with Gasteiger partial charge in [0.15, 0.2) is 10.4 Å². The van der Waals surface area contributed by atoms with Crippen LogP contribution in [0.1, 0.15) is 47.0 Å². The molecule has 1 amide bonds. The van der Waals surface area contributed by atoms with Gasteiger partial charge in [0.25, 0.3) is 5.91 Å². The lowest BCUT2D eigenvalue weighted by molar-refractivity contribution is 0.0896. The lowest BCUT2D eigenvalue weighted by Crippen LogP contribution is -2.40. The summed E-state index contributed by atoms with van der Waals surface area (Å²) >= 11 is 3.23.